The quantitative estimate of drug-likeness (QED) is 0.786. The normalized spacial score (nSPS) is 19.2. The Balaban J connectivity index is 2.27. The van der Waals surface area contributed by atoms with E-state index < -0.39 is 5.92 Å². The van der Waals surface area contributed by atoms with Gasteiger partial charge in [0.25, 0.3) is 0 Å². The van der Waals surface area contributed by atoms with E-state index >= 15 is 0 Å². The fraction of sp³-hybridized carbons (Fsp3) is 0.333. The second-order valence-electron chi connectivity index (χ2n) is 4.00. The molecule has 0 bridgehead atoms. The lowest BCUT2D eigenvalue weighted by atomic mass is 10.1. The first-order chi connectivity index (χ1) is 8.54. The van der Waals surface area contributed by atoms with E-state index in [2.05, 4.69) is 4.74 Å². The third-order valence-electron chi connectivity index (χ3n) is 2.88. The molecule has 1 aromatic carbocycles. The van der Waals surface area contributed by atoms with Gasteiger partial charge in [0.05, 0.1) is 28.8 Å². The summed E-state index contributed by atoms with van der Waals surface area (Å²) < 4.78 is 4.64. The molecule has 0 aliphatic carbocycles. The molecule has 0 saturated carbocycles. The molecule has 1 saturated heterocycles. The summed E-state index contributed by atoms with van der Waals surface area (Å²) in [6.07, 6.45) is 0.134. The van der Waals surface area contributed by atoms with Crippen molar-refractivity contribution in [1.82, 2.24) is 0 Å². The summed E-state index contributed by atoms with van der Waals surface area (Å²) in [5.41, 5.74) is 0.528. The Kier molecular flexibility index (Phi) is 3.78. The molecule has 1 heterocycles. The standard InChI is InChI=1S/C12H11Cl2NO3/c1-18-12(17)7-5-10(16)15(6-7)9-4-2-3-8(13)11(9)14/h2-4,7H,5-6H2,1H3/t7-/m1/s1. The molecule has 0 spiro atoms. The Hall–Kier alpha value is -1.26. The predicted octanol–water partition coefficient (Wildman–Crippen LogP) is 2.52. The van der Waals surface area contributed by atoms with Crippen LogP contribution in [0.3, 0.4) is 0 Å². The average molecular weight is 288 g/mol. The van der Waals surface area contributed by atoms with Crippen molar-refractivity contribution in [1.29, 1.82) is 0 Å². The number of nitrogens with zero attached hydrogens (tertiary/aromatic N) is 1. The smallest absolute Gasteiger partial charge is 0.311 e. The summed E-state index contributed by atoms with van der Waals surface area (Å²) in [7, 11) is 1.31. The van der Waals surface area contributed by atoms with Gasteiger partial charge in [0.1, 0.15) is 0 Å². The van der Waals surface area contributed by atoms with Crippen molar-refractivity contribution in [3.8, 4) is 0 Å². The van der Waals surface area contributed by atoms with Crippen LogP contribution in [0.15, 0.2) is 18.2 Å². The number of methoxy groups -OCH3 is 1. The molecule has 4 nitrogen and oxygen atoms in total. The van der Waals surface area contributed by atoms with Gasteiger partial charge in [-0.25, -0.2) is 0 Å². The maximum absolute atomic E-state index is 11.9. The van der Waals surface area contributed by atoms with E-state index in [9.17, 15) is 9.59 Å². The minimum atomic E-state index is -0.447. The molecule has 1 atom stereocenters. The first-order valence-corrected chi connectivity index (χ1v) is 6.12. The first-order valence-electron chi connectivity index (χ1n) is 5.36. The maximum atomic E-state index is 11.9. The van der Waals surface area contributed by atoms with Crippen LogP contribution in [-0.2, 0) is 14.3 Å². The lowest BCUT2D eigenvalue weighted by molar-refractivity contribution is -0.145. The van der Waals surface area contributed by atoms with E-state index in [4.69, 9.17) is 23.2 Å². The average Bonchev–Trinajstić information content (AvgIpc) is 2.74. The largest absolute Gasteiger partial charge is 0.469 e. The number of ether oxygens (including phenoxy) is 1. The molecule has 96 valence electrons. The molecular weight excluding hydrogens is 277 g/mol. The van der Waals surface area contributed by atoms with Crippen molar-refractivity contribution in [2.24, 2.45) is 5.92 Å². The van der Waals surface area contributed by atoms with Crippen molar-refractivity contribution in [3.05, 3.63) is 28.2 Å². The third kappa shape index (κ3) is 2.31. The highest BCUT2D eigenvalue weighted by Gasteiger charge is 2.36. The Morgan fingerprint density at radius 3 is 2.83 bits per heavy atom. The number of amides is 1. The molecule has 0 unspecified atom stereocenters. The van der Waals surface area contributed by atoms with Crippen molar-refractivity contribution >= 4 is 40.8 Å². The van der Waals surface area contributed by atoms with E-state index in [1.807, 2.05) is 0 Å². The number of hydrogen-bond donors (Lipinski definition) is 0. The second-order valence-corrected chi connectivity index (χ2v) is 4.79. The summed E-state index contributed by atoms with van der Waals surface area (Å²) in [6, 6.07) is 5.06. The van der Waals surface area contributed by atoms with E-state index in [0.29, 0.717) is 15.7 Å². The lowest BCUT2D eigenvalue weighted by Crippen LogP contribution is -2.26. The van der Waals surface area contributed by atoms with E-state index in [1.54, 1.807) is 18.2 Å². The summed E-state index contributed by atoms with van der Waals surface area (Å²) in [6.45, 7) is 0.269. The number of hydrogen-bond acceptors (Lipinski definition) is 3. The van der Waals surface area contributed by atoms with Crippen LogP contribution >= 0.6 is 23.2 Å². The van der Waals surface area contributed by atoms with Gasteiger partial charge in [0, 0.05) is 13.0 Å². The molecule has 0 N–H and O–H groups in total. The number of carbonyl (C=O) groups excluding carboxylic acids is 2. The van der Waals surface area contributed by atoms with Gasteiger partial charge in [-0.1, -0.05) is 29.3 Å². The zero-order chi connectivity index (χ0) is 13.3. The highest BCUT2D eigenvalue weighted by atomic mass is 35.5. The van der Waals surface area contributed by atoms with Crippen LogP contribution in [0, 0.1) is 5.92 Å². The van der Waals surface area contributed by atoms with Crippen LogP contribution in [0.2, 0.25) is 10.0 Å². The van der Waals surface area contributed by atoms with Gasteiger partial charge in [-0.2, -0.15) is 0 Å². The van der Waals surface area contributed by atoms with Gasteiger partial charge in [0.2, 0.25) is 5.91 Å². The summed E-state index contributed by atoms with van der Waals surface area (Å²) >= 11 is 12.0. The van der Waals surface area contributed by atoms with Crippen molar-refractivity contribution in [2.75, 3.05) is 18.6 Å². The number of benzene rings is 1. The molecule has 1 aromatic rings. The van der Waals surface area contributed by atoms with E-state index in [-0.39, 0.29) is 24.8 Å². The fourth-order valence-corrected chi connectivity index (χ4v) is 2.36. The molecule has 18 heavy (non-hydrogen) atoms. The molecule has 1 aliphatic heterocycles. The Morgan fingerprint density at radius 2 is 2.17 bits per heavy atom. The number of halogens is 2. The number of rotatable bonds is 2. The highest BCUT2D eigenvalue weighted by Crippen LogP contribution is 2.35. The summed E-state index contributed by atoms with van der Waals surface area (Å²) in [4.78, 5) is 24.8. The van der Waals surface area contributed by atoms with Crippen molar-refractivity contribution in [3.63, 3.8) is 0 Å². The fourth-order valence-electron chi connectivity index (χ4n) is 1.97. The predicted molar refractivity (Wildman–Crippen MR) is 68.9 cm³/mol. The Bertz CT molecular complexity index is 504. The van der Waals surface area contributed by atoms with Gasteiger partial charge in [-0.05, 0) is 12.1 Å². The van der Waals surface area contributed by atoms with Crippen molar-refractivity contribution < 1.29 is 14.3 Å². The van der Waals surface area contributed by atoms with Gasteiger partial charge in [-0.15, -0.1) is 0 Å². The van der Waals surface area contributed by atoms with Gasteiger partial charge in [-0.3, -0.25) is 9.59 Å². The molecular formula is C12H11Cl2NO3. The molecule has 2 rings (SSSR count). The van der Waals surface area contributed by atoms with E-state index in [0.717, 1.165) is 0 Å². The van der Waals surface area contributed by atoms with Crippen LogP contribution < -0.4 is 4.90 Å². The number of anilines is 1. The molecule has 1 fully saturated rings. The van der Waals surface area contributed by atoms with Gasteiger partial charge < -0.3 is 9.64 Å². The first kappa shape index (κ1) is 13.2. The molecule has 1 aliphatic rings. The second kappa shape index (κ2) is 5.16. The van der Waals surface area contributed by atoms with Crippen molar-refractivity contribution in [2.45, 2.75) is 6.42 Å². The minimum absolute atomic E-state index is 0.134. The number of esters is 1. The van der Waals surface area contributed by atoms with Crippen LogP contribution in [0.5, 0.6) is 0 Å². The Morgan fingerprint density at radius 1 is 1.44 bits per heavy atom. The van der Waals surface area contributed by atoms with Crippen LogP contribution in [-0.4, -0.2) is 25.5 Å². The maximum Gasteiger partial charge on any atom is 0.311 e. The molecule has 6 heteroatoms. The lowest BCUT2D eigenvalue weighted by Gasteiger charge is -2.18. The van der Waals surface area contributed by atoms with Crippen LogP contribution in [0.4, 0.5) is 5.69 Å². The highest BCUT2D eigenvalue weighted by molar-refractivity contribution is 6.44. The molecule has 0 aromatic heterocycles. The van der Waals surface area contributed by atoms with E-state index in [1.165, 1.54) is 12.0 Å². The van der Waals surface area contributed by atoms with Gasteiger partial charge in [0.15, 0.2) is 0 Å². The van der Waals surface area contributed by atoms with Gasteiger partial charge >= 0.3 is 5.97 Å². The van der Waals surface area contributed by atoms with Crippen LogP contribution in [0.1, 0.15) is 6.42 Å². The Labute approximate surface area is 114 Å². The molecule has 1 amide bonds. The summed E-state index contributed by atoms with van der Waals surface area (Å²) in [5, 5.41) is 0.696. The minimum Gasteiger partial charge on any atom is -0.469 e. The molecule has 0 radical (unpaired) electrons. The zero-order valence-electron chi connectivity index (χ0n) is 9.65. The monoisotopic (exact) mass is 287 g/mol. The third-order valence-corrected chi connectivity index (χ3v) is 3.69. The SMILES string of the molecule is COC(=O)[C@@H]1CC(=O)N(c2cccc(Cl)c2Cl)C1. The summed E-state index contributed by atoms with van der Waals surface area (Å²) in [5.74, 6) is -0.990. The number of carbonyl (C=O) groups is 2. The topological polar surface area (TPSA) is 46.6 Å². The van der Waals surface area contributed by atoms with Crippen LogP contribution in [0.25, 0.3) is 0 Å². The zero-order valence-corrected chi connectivity index (χ0v) is 11.2.